The molecule has 0 amide bonds. The SMILES string of the molecule is FC(F)(F)c1cccc(C2=CCN(CCc3ccc(-c4ccccc4Cl)cc3)CC2)c1. The zero-order valence-electron chi connectivity index (χ0n) is 17.0. The minimum atomic E-state index is -4.31. The lowest BCUT2D eigenvalue weighted by molar-refractivity contribution is -0.137. The first-order valence-electron chi connectivity index (χ1n) is 10.3. The normalized spacial score (nSPS) is 15.0. The van der Waals surface area contributed by atoms with Gasteiger partial charge in [-0.1, -0.05) is 72.3 Å². The van der Waals surface area contributed by atoms with E-state index in [1.807, 2.05) is 24.3 Å². The molecular formula is C26H23ClF3N. The molecule has 3 aromatic rings. The summed E-state index contributed by atoms with van der Waals surface area (Å²) in [5.74, 6) is 0. The summed E-state index contributed by atoms with van der Waals surface area (Å²) >= 11 is 6.28. The van der Waals surface area contributed by atoms with E-state index in [-0.39, 0.29) is 0 Å². The molecule has 0 aromatic heterocycles. The predicted molar refractivity (Wildman–Crippen MR) is 121 cm³/mol. The van der Waals surface area contributed by atoms with Crippen molar-refractivity contribution < 1.29 is 13.2 Å². The molecule has 0 N–H and O–H groups in total. The van der Waals surface area contributed by atoms with Gasteiger partial charge in [-0.15, -0.1) is 0 Å². The minimum Gasteiger partial charge on any atom is -0.299 e. The van der Waals surface area contributed by atoms with Gasteiger partial charge in [0.05, 0.1) is 5.56 Å². The Morgan fingerprint density at radius 2 is 1.65 bits per heavy atom. The van der Waals surface area contributed by atoms with E-state index < -0.39 is 11.7 Å². The van der Waals surface area contributed by atoms with E-state index in [9.17, 15) is 13.2 Å². The van der Waals surface area contributed by atoms with Crippen molar-refractivity contribution in [1.82, 2.24) is 4.90 Å². The molecule has 1 heterocycles. The summed E-state index contributed by atoms with van der Waals surface area (Å²) in [6.07, 6.45) is -0.569. The molecule has 1 nitrogen and oxygen atoms in total. The fraction of sp³-hybridized carbons (Fsp3) is 0.231. The van der Waals surface area contributed by atoms with E-state index in [0.717, 1.165) is 60.3 Å². The average molecular weight is 442 g/mol. The van der Waals surface area contributed by atoms with Crippen molar-refractivity contribution in [3.63, 3.8) is 0 Å². The third kappa shape index (κ3) is 5.38. The van der Waals surface area contributed by atoms with Gasteiger partial charge in [-0.05, 0) is 53.3 Å². The lowest BCUT2D eigenvalue weighted by atomic mass is 9.97. The first-order valence-corrected chi connectivity index (χ1v) is 10.7. The molecular weight excluding hydrogens is 419 g/mol. The third-order valence-electron chi connectivity index (χ3n) is 5.71. The highest BCUT2D eigenvalue weighted by Crippen LogP contribution is 2.32. The molecule has 3 aromatic carbocycles. The molecule has 160 valence electrons. The molecule has 1 aliphatic heterocycles. The second-order valence-electron chi connectivity index (χ2n) is 7.79. The molecule has 0 aliphatic carbocycles. The lowest BCUT2D eigenvalue weighted by Gasteiger charge is -2.26. The fourth-order valence-corrected chi connectivity index (χ4v) is 4.15. The Morgan fingerprint density at radius 3 is 2.32 bits per heavy atom. The maximum absolute atomic E-state index is 13.0. The molecule has 0 saturated carbocycles. The van der Waals surface area contributed by atoms with Crippen LogP contribution in [0.25, 0.3) is 16.7 Å². The highest BCUT2D eigenvalue weighted by atomic mass is 35.5. The van der Waals surface area contributed by atoms with Gasteiger partial charge in [0, 0.05) is 30.2 Å². The maximum Gasteiger partial charge on any atom is 0.416 e. The third-order valence-corrected chi connectivity index (χ3v) is 6.04. The molecule has 4 rings (SSSR count). The Bertz CT molecular complexity index is 1070. The van der Waals surface area contributed by atoms with E-state index in [0.29, 0.717) is 5.56 Å². The van der Waals surface area contributed by atoms with Crippen LogP contribution < -0.4 is 0 Å². The molecule has 0 unspecified atom stereocenters. The van der Waals surface area contributed by atoms with Crippen LogP contribution in [-0.4, -0.2) is 24.5 Å². The molecule has 0 atom stereocenters. The number of hydrogen-bond donors (Lipinski definition) is 0. The summed E-state index contributed by atoms with van der Waals surface area (Å²) in [7, 11) is 0. The monoisotopic (exact) mass is 441 g/mol. The summed E-state index contributed by atoms with van der Waals surface area (Å²) < 4.78 is 38.9. The van der Waals surface area contributed by atoms with E-state index in [1.54, 1.807) is 6.07 Å². The van der Waals surface area contributed by atoms with E-state index >= 15 is 0 Å². The molecule has 0 fully saturated rings. The molecule has 0 spiro atoms. The average Bonchev–Trinajstić information content (AvgIpc) is 2.78. The van der Waals surface area contributed by atoms with Gasteiger partial charge < -0.3 is 0 Å². The number of hydrogen-bond acceptors (Lipinski definition) is 1. The van der Waals surface area contributed by atoms with Crippen LogP contribution in [0.1, 0.15) is 23.1 Å². The van der Waals surface area contributed by atoms with Gasteiger partial charge >= 0.3 is 6.18 Å². The van der Waals surface area contributed by atoms with Gasteiger partial charge in [0.1, 0.15) is 0 Å². The summed E-state index contributed by atoms with van der Waals surface area (Å²) in [5, 5.41) is 0.743. The first-order chi connectivity index (χ1) is 14.9. The number of benzene rings is 3. The molecule has 0 saturated heterocycles. The van der Waals surface area contributed by atoms with Crippen LogP contribution in [0.15, 0.2) is 78.9 Å². The van der Waals surface area contributed by atoms with Crippen LogP contribution in [0, 0.1) is 0 Å². The Balaban J connectivity index is 1.34. The summed E-state index contributed by atoms with van der Waals surface area (Å²) in [5.41, 5.74) is 4.45. The van der Waals surface area contributed by atoms with Crippen LogP contribution in [0.3, 0.4) is 0 Å². The zero-order chi connectivity index (χ0) is 21.8. The van der Waals surface area contributed by atoms with E-state index in [4.69, 9.17) is 11.6 Å². The molecule has 0 radical (unpaired) electrons. The van der Waals surface area contributed by atoms with Crippen molar-refractivity contribution in [2.24, 2.45) is 0 Å². The number of halogens is 4. The number of nitrogens with zero attached hydrogens (tertiary/aromatic N) is 1. The van der Waals surface area contributed by atoms with Crippen LogP contribution >= 0.6 is 11.6 Å². The Hall–Kier alpha value is -2.56. The van der Waals surface area contributed by atoms with Gasteiger partial charge in [-0.3, -0.25) is 4.90 Å². The first kappa shape index (κ1) is 21.7. The summed E-state index contributed by atoms with van der Waals surface area (Å²) in [6, 6.07) is 21.9. The topological polar surface area (TPSA) is 3.24 Å². The largest absolute Gasteiger partial charge is 0.416 e. The van der Waals surface area contributed by atoms with Crippen molar-refractivity contribution in [3.8, 4) is 11.1 Å². The molecule has 31 heavy (non-hydrogen) atoms. The van der Waals surface area contributed by atoms with Gasteiger partial charge in [0.2, 0.25) is 0 Å². The Labute approximate surface area is 185 Å². The van der Waals surface area contributed by atoms with Crippen LogP contribution in [0.4, 0.5) is 13.2 Å². The number of alkyl halides is 3. The number of rotatable bonds is 5. The van der Waals surface area contributed by atoms with Crippen molar-refractivity contribution in [2.75, 3.05) is 19.6 Å². The smallest absolute Gasteiger partial charge is 0.299 e. The summed E-state index contributed by atoms with van der Waals surface area (Å²) in [6.45, 7) is 2.51. The van der Waals surface area contributed by atoms with Crippen molar-refractivity contribution in [2.45, 2.75) is 19.0 Å². The van der Waals surface area contributed by atoms with Gasteiger partial charge in [0.25, 0.3) is 0 Å². The Morgan fingerprint density at radius 1 is 0.871 bits per heavy atom. The van der Waals surface area contributed by atoms with Gasteiger partial charge in [-0.25, -0.2) is 0 Å². The fourth-order valence-electron chi connectivity index (χ4n) is 3.91. The summed E-state index contributed by atoms with van der Waals surface area (Å²) in [4.78, 5) is 2.33. The highest BCUT2D eigenvalue weighted by molar-refractivity contribution is 6.33. The Kier molecular flexibility index (Phi) is 6.49. The second-order valence-corrected chi connectivity index (χ2v) is 8.19. The van der Waals surface area contributed by atoms with Gasteiger partial charge in [0.15, 0.2) is 0 Å². The van der Waals surface area contributed by atoms with E-state index in [1.165, 1.54) is 17.7 Å². The quantitative estimate of drug-likeness (QED) is 0.400. The molecule has 5 heteroatoms. The van der Waals surface area contributed by atoms with Crippen LogP contribution in [0.5, 0.6) is 0 Å². The lowest BCUT2D eigenvalue weighted by Crippen LogP contribution is -2.30. The predicted octanol–water partition coefficient (Wildman–Crippen LogP) is 7.36. The van der Waals surface area contributed by atoms with Gasteiger partial charge in [-0.2, -0.15) is 13.2 Å². The second kappa shape index (κ2) is 9.29. The van der Waals surface area contributed by atoms with Crippen molar-refractivity contribution >= 4 is 17.2 Å². The maximum atomic E-state index is 13.0. The van der Waals surface area contributed by atoms with Crippen LogP contribution in [-0.2, 0) is 12.6 Å². The standard InChI is InChI=1S/C26H23ClF3N/c27-25-7-2-1-6-24(25)21-10-8-19(9-11-21)12-15-31-16-13-20(14-17-31)22-4-3-5-23(18-22)26(28,29)30/h1-11,13,18H,12,14-17H2. The van der Waals surface area contributed by atoms with Crippen LogP contribution in [0.2, 0.25) is 5.02 Å². The zero-order valence-corrected chi connectivity index (χ0v) is 17.8. The van der Waals surface area contributed by atoms with E-state index in [2.05, 4.69) is 35.2 Å². The van der Waals surface area contributed by atoms with Crippen molar-refractivity contribution in [1.29, 1.82) is 0 Å². The van der Waals surface area contributed by atoms with Crippen molar-refractivity contribution in [3.05, 3.63) is 101 Å². The minimum absolute atomic E-state index is 0.589. The highest BCUT2D eigenvalue weighted by Gasteiger charge is 2.30. The molecule has 0 bridgehead atoms. The molecule has 1 aliphatic rings.